The third kappa shape index (κ3) is 5.17. The van der Waals surface area contributed by atoms with Crippen molar-refractivity contribution in [1.82, 2.24) is 0 Å². The van der Waals surface area contributed by atoms with Gasteiger partial charge < -0.3 is 0 Å². The van der Waals surface area contributed by atoms with Crippen LogP contribution in [0.25, 0.3) is 0 Å². The molecule has 1 atom stereocenters. The molecule has 0 radical (unpaired) electrons. The molecule has 0 aromatic heterocycles. The second-order valence-corrected chi connectivity index (χ2v) is 8.95. The number of Topliss-reactive ketones (excluding diaryl/α,β-unsaturated/α-hetero) is 1. The first-order valence-corrected chi connectivity index (χ1v) is 9.79. The van der Waals surface area contributed by atoms with E-state index in [1.165, 1.54) is 0 Å². The van der Waals surface area contributed by atoms with Gasteiger partial charge in [-0.25, -0.2) is 8.42 Å². The lowest BCUT2D eigenvalue weighted by molar-refractivity contribution is 0.102. The zero-order valence-corrected chi connectivity index (χ0v) is 13.9. The molecule has 20 heavy (non-hydrogen) atoms. The molecule has 0 bridgehead atoms. The average molecular weight is 316 g/mol. The van der Waals surface area contributed by atoms with E-state index in [4.69, 9.17) is 0 Å². The first-order valence-electron chi connectivity index (χ1n) is 6.24. The van der Waals surface area contributed by atoms with E-state index in [0.29, 0.717) is 5.56 Å². The molecule has 1 unspecified atom stereocenters. The normalized spacial score (nSPS) is 13.2. The van der Waals surface area contributed by atoms with Gasteiger partial charge in [-0.3, -0.25) is 9.00 Å². The van der Waals surface area contributed by atoms with Crippen LogP contribution in [0, 0.1) is 20.8 Å². The SMILES string of the molecule is Cc1cc(C)c(C(=O)CS(=O)CCS(C)(=O)=O)c(C)c1. The fourth-order valence-corrected chi connectivity index (χ4v) is 4.69. The summed E-state index contributed by atoms with van der Waals surface area (Å²) in [4.78, 5) is 12.2. The molecule has 112 valence electrons. The fraction of sp³-hybridized carbons (Fsp3) is 0.500. The fourth-order valence-electron chi connectivity index (χ4n) is 2.15. The molecule has 0 aliphatic carbocycles. The summed E-state index contributed by atoms with van der Waals surface area (Å²) in [5, 5.41) is 0. The van der Waals surface area contributed by atoms with Gasteiger partial charge in [-0.2, -0.15) is 0 Å². The van der Waals surface area contributed by atoms with Crippen molar-refractivity contribution >= 4 is 26.4 Å². The summed E-state index contributed by atoms with van der Waals surface area (Å²) in [6.45, 7) is 5.66. The maximum atomic E-state index is 12.2. The molecule has 4 nitrogen and oxygen atoms in total. The second kappa shape index (κ2) is 6.63. The monoisotopic (exact) mass is 316 g/mol. The Labute approximate surface area is 123 Å². The van der Waals surface area contributed by atoms with E-state index in [1.54, 1.807) is 0 Å². The Morgan fingerprint density at radius 1 is 1.15 bits per heavy atom. The van der Waals surface area contributed by atoms with E-state index >= 15 is 0 Å². The number of sulfone groups is 1. The minimum absolute atomic E-state index is 0.00846. The van der Waals surface area contributed by atoms with Crippen LogP contribution in [0.3, 0.4) is 0 Å². The van der Waals surface area contributed by atoms with Gasteiger partial charge in [0.05, 0.1) is 11.5 Å². The van der Waals surface area contributed by atoms with Crippen molar-refractivity contribution in [1.29, 1.82) is 0 Å². The molecular formula is C14H20O4S2. The Morgan fingerprint density at radius 2 is 1.65 bits per heavy atom. The zero-order chi connectivity index (χ0) is 15.5. The van der Waals surface area contributed by atoms with Crippen molar-refractivity contribution in [3.63, 3.8) is 0 Å². The maximum absolute atomic E-state index is 12.2. The van der Waals surface area contributed by atoms with Gasteiger partial charge in [0, 0.05) is 28.4 Å². The Morgan fingerprint density at radius 3 is 2.10 bits per heavy atom. The van der Waals surface area contributed by atoms with Crippen molar-refractivity contribution in [2.24, 2.45) is 0 Å². The third-order valence-electron chi connectivity index (χ3n) is 2.93. The summed E-state index contributed by atoms with van der Waals surface area (Å²) >= 11 is 0. The van der Waals surface area contributed by atoms with Crippen molar-refractivity contribution in [3.8, 4) is 0 Å². The molecule has 0 aliphatic rings. The van der Waals surface area contributed by atoms with Crippen molar-refractivity contribution in [2.75, 3.05) is 23.5 Å². The van der Waals surface area contributed by atoms with Crippen molar-refractivity contribution in [2.45, 2.75) is 20.8 Å². The van der Waals surface area contributed by atoms with Gasteiger partial charge in [0.25, 0.3) is 0 Å². The van der Waals surface area contributed by atoms with Gasteiger partial charge in [0.2, 0.25) is 0 Å². The van der Waals surface area contributed by atoms with Crippen molar-refractivity contribution in [3.05, 3.63) is 34.4 Å². The largest absolute Gasteiger partial charge is 0.293 e. The highest BCUT2D eigenvalue weighted by Gasteiger charge is 2.16. The number of carbonyl (C=O) groups excluding carboxylic acids is 1. The molecule has 0 saturated carbocycles. The quantitative estimate of drug-likeness (QED) is 0.747. The highest BCUT2D eigenvalue weighted by molar-refractivity contribution is 7.92. The highest BCUT2D eigenvalue weighted by Crippen LogP contribution is 2.17. The standard InChI is InChI=1S/C14H20O4S2/c1-10-7-11(2)14(12(3)8-10)13(15)9-19(16)5-6-20(4,17)18/h7-8H,5-6,9H2,1-4H3. The molecular weight excluding hydrogens is 296 g/mol. The van der Waals surface area contributed by atoms with Crippen LogP contribution in [-0.2, 0) is 20.6 Å². The van der Waals surface area contributed by atoms with E-state index in [-0.39, 0.29) is 23.0 Å². The summed E-state index contributed by atoms with van der Waals surface area (Å²) in [5.74, 6) is -0.458. The molecule has 1 aromatic rings. The Bertz CT molecular complexity index is 622. The molecule has 0 saturated heterocycles. The third-order valence-corrected chi connectivity index (χ3v) is 5.38. The van der Waals surface area contributed by atoms with Crippen LogP contribution < -0.4 is 0 Å². The van der Waals surface area contributed by atoms with Gasteiger partial charge in [0.15, 0.2) is 5.78 Å². The molecule has 0 spiro atoms. The average Bonchev–Trinajstić information content (AvgIpc) is 2.23. The van der Waals surface area contributed by atoms with Gasteiger partial charge in [0.1, 0.15) is 9.84 Å². The Kier molecular flexibility index (Phi) is 5.65. The zero-order valence-electron chi connectivity index (χ0n) is 12.2. The van der Waals surface area contributed by atoms with E-state index < -0.39 is 20.6 Å². The summed E-state index contributed by atoms with van der Waals surface area (Å²) in [6.07, 6.45) is 1.10. The van der Waals surface area contributed by atoms with E-state index in [2.05, 4.69) is 0 Å². The van der Waals surface area contributed by atoms with Gasteiger partial charge >= 0.3 is 0 Å². The first kappa shape index (κ1) is 17.0. The van der Waals surface area contributed by atoms with Crippen LogP contribution in [0.1, 0.15) is 27.0 Å². The van der Waals surface area contributed by atoms with Gasteiger partial charge in [-0.15, -0.1) is 0 Å². The summed E-state index contributed by atoms with van der Waals surface area (Å²) in [5.41, 5.74) is 3.42. The number of ketones is 1. The number of aryl methyl sites for hydroxylation is 3. The predicted molar refractivity (Wildman–Crippen MR) is 82.6 cm³/mol. The van der Waals surface area contributed by atoms with E-state index in [1.807, 2.05) is 32.9 Å². The van der Waals surface area contributed by atoms with Crippen LogP contribution in [0.2, 0.25) is 0 Å². The highest BCUT2D eigenvalue weighted by atomic mass is 32.2. The molecule has 0 N–H and O–H groups in total. The number of rotatable bonds is 6. The van der Waals surface area contributed by atoms with Crippen molar-refractivity contribution < 1.29 is 17.4 Å². The van der Waals surface area contributed by atoms with Gasteiger partial charge in [-0.1, -0.05) is 17.7 Å². The van der Waals surface area contributed by atoms with E-state index in [0.717, 1.165) is 22.9 Å². The van der Waals surface area contributed by atoms with Crippen LogP contribution in [0.4, 0.5) is 0 Å². The van der Waals surface area contributed by atoms with Crippen LogP contribution in [0.15, 0.2) is 12.1 Å². The molecule has 0 heterocycles. The smallest absolute Gasteiger partial charge is 0.175 e. The Hall–Kier alpha value is -1.01. The molecule has 0 amide bonds. The topological polar surface area (TPSA) is 68.3 Å². The Balaban J connectivity index is 2.80. The molecule has 0 fully saturated rings. The number of hydrogen-bond acceptors (Lipinski definition) is 4. The minimum atomic E-state index is -3.15. The lowest BCUT2D eigenvalue weighted by Crippen LogP contribution is -2.19. The van der Waals surface area contributed by atoms with Crippen LogP contribution in [-0.4, -0.2) is 41.9 Å². The first-order chi connectivity index (χ1) is 9.10. The summed E-state index contributed by atoms with van der Waals surface area (Å²) in [6, 6.07) is 3.83. The molecule has 6 heteroatoms. The van der Waals surface area contributed by atoms with Gasteiger partial charge in [-0.05, 0) is 31.9 Å². The number of carbonyl (C=O) groups is 1. The van der Waals surface area contributed by atoms with E-state index in [9.17, 15) is 17.4 Å². The number of hydrogen-bond donors (Lipinski definition) is 0. The van der Waals surface area contributed by atoms with Crippen LogP contribution in [0.5, 0.6) is 0 Å². The van der Waals surface area contributed by atoms with Crippen LogP contribution >= 0.6 is 0 Å². The molecule has 1 aromatic carbocycles. The lowest BCUT2D eigenvalue weighted by atomic mass is 9.97. The summed E-state index contributed by atoms with van der Waals surface area (Å²) < 4.78 is 33.8. The molecule has 0 aliphatic heterocycles. The minimum Gasteiger partial charge on any atom is -0.293 e. The lowest BCUT2D eigenvalue weighted by Gasteiger charge is -2.10. The molecule has 1 rings (SSSR count). The number of benzene rings is 1. The maximum Gasteiger partial charge on any atom is 0.175 e. The summed E-state index contributed by atoms with van der Waals surface area (Å²) in [7, 11) is -4.59. The predicted octanol–water partition coefficient (Wildman–Crippen LogP) is 1.59. The second-order valence-electron chi connectivity index (χ2n) is 5.12.